The molecule has 5 heteroatoms. The molecular weight excluding hydrogens is 386 g/mol. The van der Waals surface area contributed by atoms with Crippen LogP contribution in [-0.2, 0) is 16.1 Å². The number of piperidine rings is 2. The second-order valence-corrected chi connectivity index (χ2v) is 9.79. The lowest BCUT2D eigenvalue weighted by atomic mass is 9.57. The van der Waals surface area contributed by atoms with Gasteiger partial charge in [-0.3, -0.25) is 14.5 Å². The fraction of sp³-hybridized carbons (Fsp3) is 0.462. The quantitative estimate of drug-likeness (QED) is 0.760. The van der Waals surface area contributed by atoms with Crippen molar-refractivity contribution in [3.8, 4) is 0 Å². The molecule has 2 aromatic carbocycles. The van der Waals surface area contributed by atoms with Gasteiger partial charge in [0.25, 0.3) is 0 Å². The molecule has 3 saturated heterocycles. The summed E-state index contributed by atoms with van der Waals surface area (Å²) in [7, 11) is 0. The lowest BCUT2D eigenvalue weighted by molar-refractivity contribution is -0.150. The van der Waals surface area contributed by atoms with Crippen molar-refractivity contribution in [2.75, 3.05) is 13.1 Å². The van der Waals surface area contributed by atoms with E-state index in [1.54, 1.807) is 0 Å². The molecule has 3 heterocycles. The molecule has 2 amide bonds. The number of carbonyl (C=O) groups excluding carboxylic acids is 2. The Morgan fingerprint density at radius 3 is 2.48 bits per heavy atom. The van der Waals surface area contributed by atoms with Crippen LogP contribution in [0.3, 0.4) is 0 Å². The minimum absolute atomic E-state index is 0.0190. The molecule has 2 aromatic rings. The average Bonchev–Trinajstić information content (AvgIpc) is 2.98. The summed E-state index contributed by atoms with van der Waals surface area (Å²) in [4.78, 5) is 29.5. The third-order valence-electron chi connectivity index (χ3n) is 7.39. The first kappa shape index (κ1) is 20.3. The Morgan fingerprint density at radius 1 is 1.13 bits per heavy atom. The smallest absolute Gasteiger partial charge is 0.248 e. The van der Waals surface area contributed by atoms with Crippen LogP contribution in [0.2, 0.25) is 0 Å². The van der Waals surface area contributed by atoms with E-state index in [0.717, 1.165) is 25.1 Å². The van der Waals surface area contributed by atoms with Crippen molar-refractivity contribution in [3.63, 3.8) is 0 Å². The van der Waals surface area contributed by atoms with Crippen molar-refractivity contribution < 1.29 is 9.59 Å². The number of nitrogens with one attached hydrogen (secondary N) is 2. The Bertz CT molecular complexity index is 961. The molecule has 0 aromatic heterocycles. The average molecular weight is 418 g/mol. The van der Waals surface area contributed by atoms with Crippen LogP contribution in [0, 0.1) is 17.8 Å². The van der Waals surface area contributed by atoms with Crippen molar-refractivity contribution >= 4 is 11.8 Å². The molecule has 4 fully saturated rings. The fourth-order valence-electron chi connectivity index (χ4n) is 6.30. The number of carbonyl (C=O) groups is 2. The van der Waals surface area contributed by atoms with Gasteiger partial charge in [0.2, 0.25) is 11.8 Å². The van der Waals surface area contributed by atoms with Gasteiger partial charge in [-0.05, 0) is 23.5 Å². The minimum atomic E-state index is -0.865. The summed E-state index contributed by atoms with van der Waals surface area (Å²) in [6.07, 6.45) is 0.773. The largest absolute Gasteiger partial charge is 0.350 e. The Hall–Kier alpha value is -2.66. The second-order valence-electron chi connectivity index (χ2n) is 9.79. The van der Waals surface area contributed by atoms with Crippen LogP contribution < -0.4 is 10.6 Å². The highest BCUT2D eigenvalue weighted by atomic mass is 16.2. The Kier molecular flexibility index (Phi) is 5.09. The molecule has 162 valence electrons. The maximum Gasteiger partial charge on any atom is 0.248 e. The van der Waals surface area contributed by atoms with Crippen LogP contribution in [0.1, 0.15) is 37.3 Å². The molecule has 4 bridgehead atoms. The van der Waals surface area contributed by atoms with E-state index in [-0.39, 0.29) is 35.6 Å². The zero-order valence-corrected chi connectivity index (χ0v) is 18.3. The first-order chi connectivity index (χ1) is 15.0. The van der Waals surface area contributed by atoms with Gasteiger partial charge in [-0.2, -0.15) is 0 Å². The number of fused-ring (bicyclic) bond motifs is 1. The normalized spacial score (nSPS) is 31.6. The van der Waals surface area contributed by atoms with Gasteiger partial charge in [0.15, 0.2) is 0 Å². The number of nitrogens with zero attached hydrogens (tertiary/aromatic N) is 1. The van der Waals surface area contributed by atoms with Gasteiger partial charge in [0.05, 0.1) is 0 Å². The molecule has 5 unspecified atom stereocenters. The number of rotatable bonds is 6. The summed E-state index contributed by atoms with van der Waals surface area (Å²) in [5.41, 5.74) is 1.37. The van der Waals surface area contributed by atoms with E-state index in [1.807, 2.05) is 48.5 Å². The fourth-order valence-corrected chi connectivity index (χ4v) is 6.30. The molecule has 6 rings (SSSR count). The molecule has 3 aliphatic heterocycles. The van der Waals surface area contributed by atoms with Crippen molar-refractivity contribution in [2.24, 2.45) is 17.8 Å². The van der Waals surface area contributed by atoms with E-state index in [0.29, 0.717) is 12.5 Å². The Morgan fingerprint density at radius 2 is 1.81 bits per heavy atom. The van der Waals surface area contributed by atoms with Gasteiger partial charge < -0.3 is 10.6 Å². The van der Waals surface area contributed by atoms with E-state index in [1.165, 1.54) is 5.56 Å². The molecular formula is C26H31N3O2. The lowest BCUT2D eigenvalue weighted by Gasteiger charge is -2.55. The first-order valence-electron chi connectivity index (χ1n) is 11.4. The highest BCUT2D eigenvalue weighted by molar-refractivity contribution is 5.97. The van der Waals surface area contributed by atoms with Gasteiger partial charge in [-0.25, -0.2) is 0 Å². The molecule has 5 nitrogen and oxygen atoms in total. The zero-order valence-electron chi connectivity index (χ0n) is 18.3. The van der Waals surface area contributed by atoms with Crippen LogP contribution in [0.4, 0.5) is 0 Å². The number of amides is 2. The lowest BCUT2D eigenvalue weighted by Crippen LogP contribution is -2.77. The van der Waals surface area contributed by atoms with Gasteiger partial charge in [-0.1, -0.05) is 74.5 Å². The molecule has 2 N–H and O–H groups in total. The SMILES string of the molecule is CC(C)CN1CC2CC3C(=O)NC2(C(=O)NCc2ccccc2)C1C3c1ccccc1. The van der Waals surface area contributed by atoms with Crippen LogP contribution in [0.25, 0.3) is 0 Å². The van der Waals surface area contributed by atoms with Gasteiger partial charge in [-0.15, -0.1) is 0 Å². The van der Waals surface area contributed by atoms with E-state index in [9.17, 15) is 9.59 Å². The van der Waals surface area contributed by atoms with E-state index >= 15 is 0 Å². The van der Waals surface area contributed by atoms with Gasteiger partial charge in [0, 0.05) is 43.4 Å². The van der Waals surface area contributed by atoms with Crippen LogP contribution in [-0.4, -0.2) is 41.4 Å². The topological polar surface area (TPSA) is 61.4 Å². The molecule has 5 atom stereocenters. The monoisotopic (exact) mass is 417 g/mol. The predicted octanol–water partition coefficient (Wildman–Crippen LogP) is 2.93. The molecule has 4 aliphatic rings. The summed E-state index contributed by atoms with van der Waals surface area (Å²) >= 11 is 0. The molecule has 0 spiro atoms. The zero-order chi connectivity index (χ0) is 21.6. The maximum atomic E-state index is 13.8. The molecule has 1 aliphatic carbocycles. The van der Waals surface area contributed by atoms with E-state index in [4.69, 9.17) is 0 Å². The summed E-state index contributed by atoms with van der Waals surface area (Å²) in [6, 6.07) is 20.3. The summed E-state index contributed by atoms with van der Waals surface area (Å²) < 4.78 is 0. The van der Waals surface area contributed by atoms with E-state index < -0.39 is 5.54 Å². The van der Waals surface area contributed by atoms with Crippen LogP contribution in [0.15, 0.2) is 60.7 Å². The first-order valence-corrected chi connectivity index (χ1v) is 11.4. The summed E-state index contributed by atoms with van der Waals surface area (Å²) in [5, 5.41) is 6.41. The summed E-state index contributed by atoms with van der Waals surface area (Å²) in [6.45, 7) is 6.71. The predicted molar refractivity (Wildman–Crippen MR) is 120 cm³/mol. The van der Waals surface area contributed by atoms with Crippen molar-refractivity contribution in [2.45, 2.75) is 44.3 Å². The third-order valence-corrected chi connectivity index (χ3v) is 7.39. The second kappa shape index (κ2) is 7.79. The van der Waals surface area contributed by atoms with Crippen molar-refractivity contribution in [3.05, 3.63) is 71.8 Å². The Labute approximate surface area is 184 Å². The van der Waals surface area contributed by atoms with Crippen LogP contribution >= 0.6 is 0 Å². The van der Waals surface area contributed by atoms with Gasteiger partial charge >= 0.3 is 0 Å². The van der Waals surface area contributed by atoms with Crippen molar-refractivity contribution in [1.29, 1.82) is 0 Å². The highest BCUT2D eigenvalue weighted by Crippen LogP contribution is 2.56. The number of likely N-dealkylation sites (tertiary alicyclic amines) is 1. The van der Waals surface area contributed by atoms with Crippen molar-refractivity contribution in [1.82, 2.24) is 15.5 Å². The third kappa shape index (κ3) is 3.26. The van der Waals surface area contributed by atoms with Crippen LogP contribution in [0.5, 0.6) is 0 Å². The minimum Gasteiger partial charge on any atom is -0.350 e. The standard InChI is InChI=1S/C26H31N3O2/c1-17(2)15-29-16-20-13-21-22(19-11-7-4-8-12-19)23(29)26(20,28-24(21)30)25(31)27-14-18-9-5-3-6-10-18/h3-12,17,20-23H,13-16H2,1-2H3,(H,27,31)(H,28,30). The maximum absolute atomic E-state index is 13.8. The van der Waals surface area contributed by atoms with E-state index in [2.05, 4.69) is 41.5 Å². The molecule has 0 radical (unpaired) electrons. The Balaban J connectivity index is 1.52. The van der Waals surface area contributed by atoms with Gasteiger partial charge in [0.1, 0.15) is 5.54 Å². The number of hydrogen-bond acceptors (Lipinski definition) is 3. The number of benzene rings is 2. The summed E-state index contributed by atoms with van der Waals surface area (Å²) in [5.74, 6) is 0.602. The highest BCUT2D eigenvalue weighted by Gasteiger charge is 2.70. The molecule has 1 saturated carbocycles. The number of hydrogen-bond donors (Lipinski definition) is 2. The molecule has 31 heavy (non-hydrogen) atoms.